The summed E-state index contributed by atoms with van der Waals surface area (Å²) < 4.78 is 0. The van der Waals surface area contributed by atoms with Gasteiger partial charge in [0.1, 0.15) is 12.0 Å². The minimum atomic E-state index is 0.322. The van der Waals surface area contributed by atoms with E-state index in [2.05, 4.69) is 0 Å². The van der Waals surface area contributed by atoms with E-state index in [0.29, 0.717) is 5.75 Å². The van der Waals surface area contributed by atoms with Crippen LogP contribution in [0.4, 0.5) is 0 Å². The van der Waals surface area contributed by atoms with E-state index in [0.717, 1.165) is 17.2 Å². The minimum Gasteiger partial charge on any atom is -0.508 e. The molecule has 0 saturated carbocycles. The number of benzene rings is 3. The van der Waals surface area contributed by atoms with Crippen molar-refractivity contribution in [3.05, 3.63) is 78.4 Å². The fourth-order valence-electron chi connectivity index (χ4n) is 1.71. The van der Waals surface area contributed by atoms with Crippen molar-refractivity contribution >= 4 is 17.1 Å². The lowest BCUT2D eigenvalue weighted by molar-refractivity contribution is 0.112. The van der Waals surface area contributed by atoms with Crippen molar-refractivity contribution in [2.75, 3.05) is 0 Å². The van der Waals surface area contributed by atoms with Crippen LogP contribution in [0, 0.1) is 0 Å². The molecule has 19 heavy (non-hydrogen) atoms. The molecule has 94 valence electrons. The Hall–Kier alpha value is -2.61. The van der Waals surface area contributed by atoms with Crippen LogP contribution in [0.2, 0.25) is 0 Å². The molecular weight excluding hydrogens is 236 g/mol. The molecule has 0 fully saturated rings. The summed E-state index contributed by atoms with van der Waals surface area (Å²) in [6.45, 7) is 0. The Morgan fingerprint density at radius 1 is 0.737 bits per heavy atom. The average molecular weight is 250 g/mol. The van der Waals surface area contributed by atoms with Crippen LogP contribution in [0.15, 0.2) is 72.8 Å². The van der Waals surface area contributed by atoms with E-state index >= 15 is 0 Å². The number of hydrogen-bond acceptors (Lipinski definition) is 2. The Balaban J connectivity index is 0.000000163. The number of fused-ring (bicyclic) bond motifs is 1. The molecule has 0 amide bonds. The van der Waals surface area contributed by atoms with E-state index in [1.165, 1.54) is 5.39 Å². The first kappa shape index (κ1) is 12.8. The first-order valence-electron chi connectivity index (χ1n) is 5.97. The second-order valence-electron chi connectivity index (χ2n) is 4.06. The molecule has 2 nitrogen and oxygen atoms in total. The van der Waals surface area contributed by atoms with Gasteiger partial charge in [-0.25, -0.2) is 0 Å². The SMILES string of the molecule is O=Cc1ccc2ccccc2c1.Oc1ccccc1. The number of para-hydroxylation sites is 1. The maximum atomic E-state index is 10.5. The van der Waals surface area contributed by atoms with Gasteiger partial charge in [0, 0.05) is 5.56 Å². The van der Waals surface area contributed by atoms with Crippen LogP contribution in [-0.2, 0) is 0 Å². The van der Waals surface area contributed by atoms with Crippen molar-refractivity contribution in [1.82, 2.24) is 0 Å². The number of rotatable bonds is 1. The highest BCUT2D eigenvalue weighted by molar-refractivity contribution is 5.88. The summed E-state index contributed by atoms with van der Waals surface area (Å²) in [6, 6.07) is 22.4. The van der Waals surface area contributed by atoms with Crippen LogP contribution >= 0.6 is 0 Å². The van der Waals surface area contributed by atoms with Gasteiger partial charge in [0.25, 0.3) is 0 Å². The van der Waals surface area contributed by atoms with Gasteiger partial charge < -0.3 is 5.11 Å². The quantitative estimate of drug-likeness (QED) is 0.662. The summed E-state index contributed by atoms with van der Waals surface area (Å²) in [5, 5.41) is 10.9. The minimum absolute atomic E-state index is 0.322. The van der Waals surface area contributed by atoms with E-state index < -0.39 is 0 Å². The summed E-state index contributed by atoms with van der Waals surface area (Å²) in [4.78, 5) is 10.5. The maximum absolute atomic E-state index is 10.5. The van der Waals surface area contributed by atoms with Crippen molar-refractivity contribution in [3.8, 4) is 5.75 Å². The first-order chi connectivity index (χ1) is 9.29. The van der Waals surface area contributed by atoms with E-state index in [1.54, 1.807) is 24.3 Å². The summed E-state index contributed by atoms with van der Waals surface area (Å²) in [5.41, 5.74) is 0.730. The van der Waals surface area contributed by atoms with Gasteiger partial charge in [0.05, 0.1) is 0 Å². The summed E-state index contributed by atoms with van der Waals surface area (Å²) in [7, 11) is 0. The fourth-order valence-corrected chi connectivity index (χ4v) is 1.71. The molecule has 1 N–H and O–H groups in total. The largest absolute Gasteiger partial charge is 0.508 e. The molecule has 0 spiro atoms. The third-order valence-electron chi connectivity index (χ3n) is 2.67. The maximum Gasteiger partial charge on any atom is 0.150 e. The topological polar surface area (TPSA) is 37.3 Å². The van der Waals surface area contributed by atoms with Gasteiger partial charge in [0.2, 0.25) is 0 Å². The zero-order chi connectivity index (χ0) is 13.5. The monoisotopic (exact) mass is 250 g/mol. The van der Waals surface area contributed by atoms with Gasteiger partial charge in [-0.2, -0.15) is 0 Å². The normalized spacial score (nSPS) is 9.47. The number of carbonyl (C=O) groups excluding carboxylic acids is 1. The molecular formula is C17H14O2. The summed E-state index contributed by atoms with van der Waals surface area (Å²) >= 11 is 0. The van der Waals surface area contributed by atoms with Crippen molar-refractivity contribution in [2.45, 2.75) is 0 Å². The number of hydrogen-bond donors (Lipinski definition) is 1. The molecule has 0 heterocycles. The molecule has 0 atom stereocenters. The van der Waals surface area contributed by atoms with Crippen LogP contribution < -0.4 is 0 Å². The Kier molecular flexibility index (Phi) is 4.29. The Labute approximate surface area is 111 Å². The lowest BCUT2D eigenvalue weighted by Crippen LogP contribution is -1.78. The second kappa shape index (κ2) is 6.36. The molecule has 0 aliphatic rings. The summed E-state index contributed by atoms with van der Waals surface area (Å²) in [6.07, 6.45) is 0.867. The van der Waals surface area contributed by atoms with Crippen molar-refractivity contribution < 1.29 is 9.90 Å². The van der Waals surface area contributed by atoms with Crippen molar-refractivity contribution in [3.63, 3.8) is 0 Å². The van der Waals surface area contributed by atoms with E-state index in [1.807, 2.05) is 48.5 Å². The molecule has 3 aromatic rings. The van der Waals surface area contributed by atoms with Crippen LogP contribution in [0.3, 0.4) is 0 Å². The highest BCUT2D eigenvalue weighted by Gasteiger charge is 1.92. The molecule has 3 rings (SSSR count). The van der Waals surface area contributed by atoms with E-state index in [-0.39, 0.29) is 0 Å². The Bertz CT molecular complexity index is 660. The van der Waals surface area contributed by atoms with E-state index in [4.69, 9.17) is 5.11 Å². The van der Waals surface area contributed by atoms with Crippen LogP contribution in [-0.4, -0.2) is 11.4 Å². The van der Waals surface area contributed by atoms with Crippen molar-refractivity contribution in [1.29, 1.82) is 0 Å². The Morgan fingerprint density at radius 2 is 1.37 bits per heavy atom. The zero-order valence-corrected chi connectivity index (χ0v) is 10.4. The molecule has 2 heteroatoms. The van der Waals surface area contributed by atoms with Crippen LogP contribution in [0.5, 0.6) is 5.75 Å². The van der Waals surface area contributed by atoms with Crippen molar-refractivity contribution in [2.24, 2.45) is 0 Å². The van der Waals surface area contributed by atoms with Gasteiger partial charge in [-0.15, -0.1) is 0 Å². The van der Waals surface area contributed by atoms with Crippen LogP contribution in [0.1, 0.15) is 10.4 Å². The third kappa shape index (κ3) is 3.68. The summed E-state index contributed by atoms with van der Waals surface area (Å²) in [5.74, 6) is 0.322. The molecule has 3 aromatic carbocycles. The lowest BCUT2D eigenvalue weighted by Gasteiger charge is -1.96. The molecule has 0 radical (unpaired) electrons. The van der Waals surface area contributed by atoms with Gasteiger partial charge in [-0.1, -0.05) is 54.6 Å². The number of phenolic OH excluding ortho intramolecular Hbond substituents is 1. The molecule has 0 aliphatic carbocycles. The van der Waals surface area contributed by atoms with Gasteiger partial charge in [-0.3, -0.25) is 4.79 Å². The predicted molar refractivity (Wildman–Crippen MR) is 77.4 cm³/mol. The highest BCUT2D eigenvalue weighted by atomic mass is 16.3. The number of carbonyl (C=O) groups is 1. The molecule has 0 aromatic heterocycles. The van der Waals surface area contributed by atoms with Gasteiger partial charge >= 0.3 is 0 Å². The highest BCUT2D eigenvalue weighted by Crippen LogP contribution is 2.14. The number of phenols is 1. The molecule has 0 saturated heterocycles. The van der Waals surface area contributed by atoms with E-state index in [9.17, 15) is 4.79 Å². The fraction of sp³-hybridized carbons (Fsp3) is 0. The standard InChI is InChI=1S/C11H8O.C6H6O/c12-8-9-5-6-10-3-1-2-4-11(10)7-9;7-6-4-2-1-3-5-6/h1-8H;1-5,7H. The second-order valence-corrected chi connectivity index (χ2v) is 4.06. The first-order valence-corrected chi connectivity index (χ1v) is 5.97. The lowest BCUT2D eigenvalue weighted by atomic mass is 10.1. The smallest absolute Gasteiger partial charge is 0.150 e. The average Bonchev–Trinajstić information content (AvgIpc) is 2.48. The molecule has 0 bridgehead atoms. The third-order valence-corrected chi connectivity index (χ3v) is 2.67. The predicted octanol–water partition coefficient (Wildman–Crippen LogP) is 4.04. The molecule has 0 unspecified atom stereocenters. The number of aromatic hydroxyl groups is 1. The zero-order valence-electron chi connectivity index (χ0n) is 10.4. The van der Waals surface area contributed by atoms with Gasteiger partial charge in [0.15, 0.2) is 0 Å². The van der Waals surface area contributed by atoms with Gasteiger partial charge in [-0.05, 0) is 29.0 Å². The Morgan fingerprint density at radius 3 is 1.95 bits per heavy atom. The number of aldehydes is 1. The molecule has 0 aliphatic heterocycles. The van der Waals surface area contributed by atoms with Crippen LogP contribution in [0.25, 0.3) is 10.8 Å².